The Morgan fingerprint density at radius 1 is 1.24 bits per heavy atom. The highest BCUT2D eigenvalue weighted by Crippen LogP contribution is 2.38. The number of fused-ring (bicyclic) bond motifs is 1. The van der Waals surface area contributed by atoms with Gasteiger partial charge < -0.3 is 18.9 Å². The average Bonchev–Trinajstić information content (AvgIpc) is 3.23. The van der Waals surface area contributed by atoms with Crippen molar-refractivity contribution in [3.8, 4) is 11.5 Å². The number of hydrogen-bond donors (Lipinski definition) is 0. The Morgan fingerprint density at radius 2 is 2.04 bits per heavy atom. The minimum atomic E-state index is 0.0869. The highest BCUT2D eigenvalue weighted by atomic mass is 16.6. The van der Waals surface area contributed by atoms with E-state index in [1.165, 1.54) is 0 Å². The Labute approximate surface area is 146 Å². The molecule has 1 fully saturated rings. The Balaban J connectivity index is 1.55. The number of ether oxygens (including phenoxy) is 2. The summed E-state index contributed by atoms with van der Waals surface area (Å²) in [6.45, 7) is 5.65. The van der Waals surface area contributed by atoms with Gasteiger partial charge in [0.2, 0.25) is 5.91 Å². The van der Waals surface area contributed by atoms with Crippen LogP contribution in [0.3, 0.4) is 0 Å². The van der Waals surface area contributed by atoms with Crippen LogP contribution >= 0.6 is 0 Å². The van der Waals surface area contributed by atoms with Gasteiger partial charge in [0.25, 0.3) is 0 Å². The van der Waals surface area contributed by atoms with Crippen LogP contribution in [0, 0.1) is 13.8 Å². The quantitative estimate of drug-likeness (QED) is 0.858. The van der Waals surface area contributed by atoms with Gasteiger partial charge in [-0.05, 0) is 44.4 Å². The molecule has 2 aliphatic heterocycles. The molecule has 132 valence electrons. The first kappa shape index (κ1) is 16.0. The molecule has 4 rings (SSSR count). The van der Waals surface area contributed by atoms with Gasteiger partial charge in [-0.1, -0.05) is 11.2 Å². The summed E-state index contributed by atoms with van der Waals surface area (Å²) < 4.78 is 16.5. The number of aromatic nitrogens is 1. The number of likely N-dealkylation sites (tertiary alicyclic amines) is 1. The van der Waals surface area contributed by atoms with E-state index in [0.717, 1.165) is 53.5 Å². The Morgan fingerprint density at radius 3 is 2.80 bits per heavy atom. The smallest absolute Gasteiger partial charge is 0.227 e. The Hall–Kier alpha value is -2.50. The molecule has 1 atom stereocenters. The van der Waals surface area contributed by atoms with Crippen LogP contribution in [0.15, 0.2) is 22.7 Å². The molecule has 25 heavy (non-hydrogen) atoms. The maximum absolute atomic E-state index is 12.9. The lowest BCUT2D eigenvalue weighted by Crippen LogP contribution is -2.32. The van der Waals surface area contributed by atoms with Crippen LogP contribution in [0.1, 0.15) is 41.5 Å². The van der Waals surface area contributed by atoms with Gasteiger partial charge in [-0.25, -0.2) is 0 Å². The lowest BCUT2D eigenvalue weighted by molar-refractivity contribution is -0.131. The van der Waals surface area contributed by atoms with Crippen molar-refractivity contribution in [2.45, 2.75) is 39.2 Å². The van der Waals surface area contributed by atoms with Crippen molar-refractivity contribution in [2.75, 3.05) is 19.8 Å². The minimum absolute atomic E-state index is 0.0869. The third-order valence-corrected chi connectivity index (χ3v) is 5.03. The summed E-state index contributed by atoms with van der Waals surface area (Å²) in [5.41, 5.74) is 2.80. The summed E-state index contributed by atoms with van der Waals surface area (Å²) in [5.74, 6) is 2.39. The number of benzene rings is 1. The van der Waals surface area contributed by atoms with Crippen molar-refractivity contribution >= 4 is 5.91 Å². The summed E-state index contributed by atoms with van der Waals surface area (Å²) in [7, 11) is 0. The normalized spacial score (nSPS) is 19.3. The number of carbonyl (C=O) groups is 1. The minimum Gasteiger partial charge on any atom is -0.486 e. The van der Waals surface area contributed by atoms with E-state index in [2.05, 4.69) is 5.16 Å². The van der Waals surface area contributed by atoms with Gasteiger partial charge in [0.1, 0.15) is 19.0 Å². The van der Waals surface area contributed by atoms with Crippen LogP contribution < -0.4 is 9.47 Å². The second-order valence-electron chi connectivity index (χ2n) is 6.63. The fourth-order valence-corrected chi connectivity index (χ4v) is 3.69. The third-order valence-electron chi connectivity index (χ3n) is 5.03. The van der Waals surface area contributed by atoms with Gasteiger partial charge in [0, 0.05) is 12.1 Å². The molecule has 0 unspecified atom stereocenters. The number of aryl methyl sites for hydroxylation is 2. The molecule has 2 aromatic rings. The standard InChI is InChI=1S/C19H22N2O4/c1-12-15(13(2)25-20-12)11-19(22)21-7-3-4-16(21)14-5-6-17-18(10-14)24-9-8-23-17/h5-6,10,16H,3-4,7-9,11H2,1-2H3/t16-/m0/s1. The summed E-state index contributed by atoms with van der Waals surface area (Å²) in [6.07, 6.45) is 2.31. The molecular weight excluding hydrogens is 320 g/mol. The molecule has 3 heterocycles. The molecule has 0 N–H and O–H groups in total. The van der Waals surface area contributed by atoms with Gasteiger partial charge in [-0.2, -0.15) is 0 Å². The zero-order valence-corrected chi connectivity index (χ0v) is 14.6. The Bertz CT molecular complexity index is 779. The molecule has 1 aromatic heterocycles. The fraction of sp³-hybridized carbons (Fsp3) is 0.474. The maximum atomic E-state index is 12.9. The monoisotopic (exact) mass is 342 g/mol. The van der Waals surface area contributed by atoms with E-state index in [4.69, 9.17) is 14.0 Å². The summed E-state index contributed by atoms with van der Waals surface area (Å²) in [5, 5.41) is 3.95. The van der Waals surface area contributed by atoms with Crippen LogP contribution in [0.4, 0.5) is 0 Å². The van der Waals surface area contributed by atoms with Crippen LogP contribution in [0.2, 0.25) is 0 Å². The van der Waals surface area contributed by atoms with E-state index in [9.17, 15) is 4.79 Å². The van der Waals surface area contributed by atoms with E-state index >= 15 is 0 Å². The third kappa shape index (κ3) is 2.97. The van der Waals surface area contributed by atoms with Gasteiger partial charge >= 0.3 is 0 Å². The lowest BCUT2D eigenvalue weighted by Gasteiger charge is -2.27. The first-order valence-corrected chi connectivity index (χ1v) is 8.74. The topological polar surface area (TPSA) is 64.8 Å². The molecule has 0 bridgehead atoms. The molecule has 0 radical (unpaired) electrons. The van der Waals surface area contributed by atoms with E-state index < -0.39 is 0 Å². The van der Waals surface area contributed by atoms with Crippen molar-refractivity contribution in [2.24, 2.45) is 0 Å². The highest BCUT2D eigenvalue weighted by Gasteiger charge is 2.31. The van der Waals surface area contributed by atoms with E-state index in [-0.39, 0.29) is 11.9 Å². The van der Waals surface area contributed by atoms with Gasteiger partial charge in [-0.3, -0.25) is 4.79 Å². The summed E-state index contributed by atoms with van der Waals surface area (Å²) >= 11 is 0. The van der Waals surface area contributed by atoms with Gasteiger partial charge in [0.05, 0.1) is 18.2 Å². The zero-order chi connectivity index (χ0) is 17.4. The van der Waals surface area contributed by atoms with Crippen molar-refractivity contribution in [1.82, 2.24) is 10.1 Å². The summed E-state index contributed by atoms with van der Waals surface area (Å²) in [6, 6.07) is 6.09. The largest absolute Gasteiger partial charge is 0.486 e. The van der Waals surface area contributed by atoms with Crippen LogP contribution in [-0.2, 0) is 11.2 Å². The fourth-order valence-electron chi connectivity index (χ4n) is 3.69. The lowest BCUT2D eigenvalue weighted by atomic mass is 10.0. The second-order valence-corrected chi connectivity index (χ2v) is 6.63. The zero-order valence-electron chi connectivity index (χ0n) is 14.6. The highest BCUT2D eigenvalue weighted by molar-refractivity contribution is 5.80. The molecular formula is C19H22N2O4. The number of carbonyl (C=O) groups excluding carboxylic acids is 1. The van der Waals surface area contributed by atoms with Gasteiger partial charge in [0.15, 0.2) is 11.5 Å². The number of amides is 1. The number of hydrogen-bond acceptors (Lipinski definition) is 5. The van der Waals surface area contributed by atoms with E-state index in [1.807, 2.05) is 36.9 Å². The predicted octanol–water partition coefficient (Wildman–Crippen LogP) is 2.97. The Kier molecular flexibility index (Phi) is 4.11. The van der Waals surface area contributed by atoms with Crippen molar-refractivity contribution < 1.29 is 18.8 Å². The van der Waals surface area contributed by atoms with Gasteiger partial charge in [-0.15, -0.1) is 0 Å². The first-order chi connectivity index (χ1) is 12.1. The molecule has 6 nitrogen and oxygen atoms in total. The molecule has 1 aromatic carbocycles. The SMILES string of the molecule is Cc1noc(C)c1CC(=O)N1CCC[C@H]1c1ccc2c(c1)OCCO2. The van der Waals surface area contributed by atoms with Crippen molar-refractivity contribution in [3.05, 3.63) is 40.8 Å². The predicted molar refractivity (Wildman–Crippen MR) is 90.8 cm³/mol. The molecule has 0 spiro atoms. The van der Waals surface area contributed by atoms with E-state index in [1.54, 1.807) is 0 Å². The summed E-state index contributed by atoms with van der Waals surface area (Å²) in [4.78, 5) is 14.9. The first-order valence-electron chi connectivity index (χ1n) is 8.74. The molecule has 0 saturated carbocycles. The molecule has 1 amide bonds. The van der Waals surface area contributed by atoms with Crippen LogP contribution in [-0.4, -0.2) is 35.7 Å². The molecule has 2 aliphatic rings. The average molecular weight is 342 g/mol. The maximum Gasteiger partial charge on any atom is 0.227 e. The van der Waals surface area contributed by atoms with Crippen LogP contribution in [0.5, 0.6) is 11.5 Å². The van der Waals surface area contributed by atoms with Crippen molar-refractivity contribution in [1.29, 1.82) is 0 Å². The van der Waals surface area contributed by atoms with Crippen LogP contribution in [0.25, 0.3) is 0 Å². The number of rotatable bonds is 3. The van der Waals surface area contributed by atoms with E-state index in [0.29, 0.717) is 19.6 Å². The molecule has 0 aliphatic carbocycles. The molecule has 6 heteroatoms. The molecule has 1 saturated heterocycles. The number of nitrogens with zero attached hydrogens (tertiary/aromatic N) is 2. The second kappa shape index (κ2) is 6.43. The van der Waals surface area contributed by atoms with Crippen molar-refractivity contribution in [3.63, 3.8) is 0 Å².